The van der Waals surface area contributed by atoms with Crippen molar-refractivity contribution in [1.82, 2.24) is 0 Å². The van der Waals surface area contributed by atoms with Crippen LogP contribution < -0.4 is 20.7 Å². The van der Waals surface area contributed by atoms with Crippen molar-refractivity contribution < 1.29 is 0 Å². The Morgan fingerprint density at radius 1 is 0.478 bits per heavy atom. The molecule has 7 aliphatic rings. The molecular weight excluding hydrogens is 852 g/mol. The van der Waals surface area contributed by atoms with Gasteiger partial charge in [0.2, 0.25) is 0 Å². The van der Waals surface area contributed by atoms with Crippen LogP contribution in [0.5, 0.6) is 0 Å². The summed E-state index contributed by atoms with van der Waals surface area (Å²) >= 11 is 2.30. The number of fused-ring (bicyclic) bond motifs is 8. The predicted octanol–water partition coefficient (Wildman–Crippen LogP) is 17.2. The minimum atomic E-state index is -0.0764. The lowest BCUT2D eigenvalue weighted by molar-refractivity contribution is 0.0881. The van der Waals surface area contributed by atoms with Gasteiger partial charge in [0.15, 0.2) is 0 Å². The Hall–Kier alpha value is -3.37. The zero-order valence-electron chi connectivity index (χ0n) is 46.9. The lowest BCUT2D eigenvalue weighted by atomic mass is 9.35. The first-order chi connectivity index (χ1) is 31.7. The number of hydrogen-bond donors (Lipinski definition) is 0. The Morgan fingerprint density at radius 2 is 0.928 bits per heavy atom. The quantitative estimate of drug-likeness (QED) is 0.185. The average Bonchev–Trinajstić information content (AvgIpc) is 3.67. The van der Waals surface area contributed by atoms with Gasteiger partial charge in [-0.05, 0) is 204 Å². The van der Waals surface area contributed by atoms with E-state index in [1.807, 2.05) is 0 Å². The molecule has 4 aromatic rings. The van der Waals surface area contributed by atoms with Crippen LogP contribution in [0.15, 0.2) is 65.1 Å². The van der Waals surface area contributed by atoms with Crippen molar-refractivity contribution in [2.75, 3.05) is 9.80 Å². The van der Waals surface area contributed by atoms with Gasteiger partial charge in [0.1, 0.15) is 0 Å². The second-order valence-electron chi connectivity index (χ2n) is 30.2. The van der Waals surface area contributed by atoms with E-state index < -0.39 is 0 Å². The topological polar surface area (TPSA) is 6.48 Å². The van der Waals surface area contributed by atoms with Gasteiger partial charge < -0.3 is 9.80 Å². The third kappa shape index (κ3) is 6.90. The number of benzene rings is 4. The second-order valence-corrected chi connectivity index (χ2v) is 31.4. The van der Waals surface area contributed by atoms with Crippen LogP contribution >= 0.6 is 11.8 Å². The van der Waals surface area contributed by atoms with E-state index in [0.717, 1.165) is 0 Å². The first-order valence-electron chi connectivity index (χ1n) is 27.4. The van der Waals surface area contributed by atoms with Crippen molar-refractivity contribution >= 4 is 57.8 Å². The molecule has 0 saturated heterocycles. The smallest absolute Gasteiger partial charge is 0.259 e. The molecule has 3 heterocycles. The highest BCUT2D eigenvalue weighted by molar-refractivity contribution is 8.06. The van der Waals surface area contributed by atoms with Crippen molar-refractivity contribution in [2.24, 2.45) is 16.7 Å². The van der Waals surface area contributed by atoms with Crippen LogP contribution in [0, 0.1) is 23.7 Å². The second kappa shape index (κ2) is 14.4. The molecule has 0 spiro atoms. The van der Waals surface area contributed by atoms with E-state index in [1.165, 1.54) is 107 Å². The van der Waals surface area contributed by atoms with E-state index in [0.29, 0.717) is 11.2 Å². The summed E-state index contributed by atoms with van der Waals surface area (Å²) in [6.45, 7) is 50.5. The molecular formula is C65H87BN2S. The van der Waals surface area contributed by atoms with E-state index >= 15 is 0 Å². The number of anilines is 5. The molecule has 69 heavy (non-hydrogen) atoms. The molecule has 3 aliphatic heterocycles. The van der Waals surface area contributed by atoms with Crippen molar-refractivity contribution in [3.05, 3.63) is 110 Å². The molecule has 2 atom stereocenters. The maximum absolute atomic E-state index is 2.90. The minimum Gasteiger partial charge on any atom is -0.314 e. The van der Waals surface area contributed by atoms with Gasteiger partial charge in [-0.2, -0.15) is 0 Å². The lowest BCUT2D eigenvalue weighted by Gasteiger charge is -2.52. The van der Waals surface area contributed by atoms with Crippen LogP contribution in [0.1, 0.15) is 227 Å². The molecule has 4 aliphatic carbocycles. The fourth-order valence-corrected chi connectivity index (χ4v) is 17.1. The first kappa shape index (κ1) is 47.9. The molecule has 0 N–H and O–H groups in total. The molecule has 11 rings (SSSR count). The molecule has 0 bridgehead atoms. The fraction of sp³-hybridized carbons (Fsp3) is 0.600. The van der Waals surface area contributed by atoms with Gasteiger partial charge in [-0.15, -0.1) is 11.8 Å². The molecule has 4 heteroatoms. The highest BCUT2D eigenvalue weighted by Crippen LogP contribution is 2.66. The van der Waals surface area contributed by atoms with Gasteiger partial charge in [-0.3, -0.25) is 0 Å². The van der Waals surface area contributed by atoms with Crippen LogP contribution in [-0.2, 0) is 37.9 Å². The van der Waals surface area contributed by atoms with E-state index in [4.69, 9.17) is 0 Å². The Bertz CT molecular complexity index is 2900. The van der Waals surface area contributed by atoms with Crippen LogP contribution in [-0.4, -0.2) is 12.0 Å². The molecule has 0 amide bonds. The normalized spacial score (nSPS) is 26.5. The third-order valence-corrected chi connectivity index (χ3v) is 22.3. The fourth-order valence-electron chi connectivity index (χ4n) is 15.0. The van der Waals surface area contributed by atoms with E-state index in [9.17, 15) is 0 Å². The summed E-state index contributed by atoms with van der Waals surface area (Å²) in [7, 11) is 0. The molecule has 0 aromatic heterocycles. The standard InChI is InChI=1S/C65H87BN2S/c1-38-31-42-45(62(13,14)27-25-59(42,7)8)36-48(38)68-49-37-46-44(61(11,12)26-28-63(46,15)16)35-47(49)66-53-50(32-39(33-51(53)68)57(2,3)4)67(40-21-22-41-43(34-40)60(9,10)24-23-58(41,5)6)54-52-55(69-56(54)66)65(19,20)30-29-64(52,17)18/h21-22,31-37,52,55H,23-30H2,1-20H3. The van der Waals surface area contributed by atoms with Gasteiger partial charge in [-0.25, -0.2) is 0 Å². The van der Waals surface area contributed by atoms with Crippen molar-refractivity contribution in [3.8, 4) is 0 Å². The summed E-state index contributed by atoms with van der Waals surface area (Å²) in [4.78, 5) is 7.36. The molecule has 0 radical (unpaired) electrons. The number of allylic oxidation sites excluding steroid dienone is 1. The van der Waals surface area contributed by atoms with E-state index in [-0.39, 0.29) is 55.4 Å². The first-order valence-corrected chi connectivity index (χ1v) is 28.3. The number of aryl methyl sites for hydroxylation is 1. The Morgan fingerprint density at radius 3 is 1.46 bits per heavy atom. The SMILES string of the molecule is Cc1cc2c(cc1N1c3cc4c(cc3B3C5=C(C6C(S5)C(C)(C)CCC6(C)C)N(c5ccc6c(c5)C(C)(C)CCC6(C)C)c5cc(C(C)(C)C)cc1c53)C(C)(C)CCC4(C)C)C(C)(C)CCC2(C)C. The molecule has 4 aromatic carbocycles. The van der Waals surface area contributed by atoms with Crippen LogP contribution in [0.2, 0.25) is 0 Å². The molecule has 2 unspecified atom stereocenters. The Kier molecular flexibility index (Phi) is 10.0. The highest BCUT2D eigenvalue weighted by Gasteiger charge is 2.60. The summed E-state index contributed by atoms with van der Waals surface area (Å²) in [5.41, 5.74) is 24.6. The number of nitrogens with zero attached hydrogens (tertiary/aromatic N) is 2. The molecule has 366 valence electrons. The Balaban J connectivity index is 1.30. The molecule has 1 fully saturated rings. The van der Waals surface area contributed by atoms with Gasteiger partial charge in [0.05, 0.1) is 0 Å². The summed E-state index contributed by atoms with van der Waals surface area (Å²) < 4.78 is 0. The zero-order chi connectivity index (χ0) is 49.9. The summed E-state index contributed by atoms with van der Waals surface area (Å²) in [5.74, 6) is 0.416. The number of rotatable bonds is 2. The van der Waals surface area contributed by atoms with Gasteiger partial charge in [0, 0.05) is 45.3 Å². The van der Waals surface area contributed by atoms with E-state index in [1.54, 1.807) is 38.3 Å². The van der Waals surface area contributed by atoms with Crippen molar-refractivity contribution in [2.45, 2.75) is 233 Å². The summed E-state index contributed by atoms with van der Waals surface area (Å²) in [6.07, 6.45) is 9.77. The summed E-state index contributed by atoms with van der Waals surface area (Å²) in [5, 5.41) is 0.490. The predicted molar refractivity (Wildman–Crippen MR) is 303 cm³/mol. The number of thioether (sulfide) groups is 1. The maximum Gasteiger partial charge on any atom is 0.259 e. The van der Waals surface area contributed by atoms with Gasteiger partial charge in [-0.1, -0.05) is 150 Å². The van der Waals surface area contributed by atoms with Crippen molar-refractivity contribution in [3.63, 3.8) is 0 Å². The average molecular weight is 939 g/mol. The molecule has 2 nitrogen and oxygen atoms in total. The van der Waals surface area contributed by atoms with Crippen LogP contribution in [0.4, 0.5) is 28.4 Å². The zero-order valence-corrected chi connectivity index (χ0v) is 47.7. The lowest BCUT2D eigenvalue weighted by Crippen LogP contribution is -2.56. The molecule has 1 saturated carbocycles. The monoisotopic (exact) mass is 939 g/mol. The Labute approximate surface area is 424 Å². The minimum absolute atomic E-state index is 0.0764. The van der Waals surface area contributed by atoms with Crippen LogP contribution in [0.3, 0.4) is 0 Å². The third-order valence-electron chi connectivity index (χ3n) is 20.5. The van der Waals surface area contributed by atoms with Crippen LogP contribution in [0.25, 0.3) is 0 Å². The maximum atomic E-state index is 2.90. The summed E-state index contributed by atoms with van der Waals surface area (Å²) in [6, 6.07) is 24.0. The number of hydrogen-bond acceptors (Lipinski definition) is 3. The largest absolute Gasteiger partial charge is 0.314 e. The van der Waals surface area contributed by atoms with Gasteiger partial charge in [0.25, 0.3) is 6.71 Å². The van der Waals surface area contributed by atoms with Crippen molar-refractivity contribution in [1.29, 1.82) is 0 Å². The highest BCUT2D eigenvalue weighted by atomic mass is 32.2. The van der Waals surface area contributed by atoms with E-state index in [2.05, 4.69) is 215 Å². The van der Waals surface area contributed by atoms with Gasteiger partial charge >= 0.3 is 0 Å².